The van der Waals surface area contributed by atoms with Gasteiger partial charge in [-0.1, -0.05) is 43.4 Å². The minimum absolute atomic E-state index is 0.637. The summed E-state index contributed by atoms with van der Waals surface area (Å²) in [6.07, 6.45) is 1.16. The van der Waals surface area contributed by atoms with Crippen LogP contribution in [-0.4, -0.2) is 10.5 Å². The van der Waals surface area contributed by atoms with E-state index in [-0.39, 0.29) is 0 Å². The summed E-state index contributed by atoms with van der Waals surface area (Å²) in [7, 11) is 0. The molecule has 0 bridgehead atoms. The maximum atomic E-state index is 3.63. The van der Waals surface area contributed by atoms with Gasteiger partial charge < -0.3 is 5.32 Å². The van der Waals surface area contributed by atoms with Crippen molar-refractivity contribution in [3.8, 4) is 0 Å². The van der Waals surface area contributed by atoms with E-state index in [1.54, 1.807) is 0 Å². The second kappa shape index (κ2) is 6.86. The lowest BCUT2D eigenvalue weighted by molar-refractivity contribution is 0.438. The van der Waals surface area contributed by atoms with E-state index >= 15 is 0 Å². The smallest absolute Gasteiger partial charge is 0.0302 e. The molecule has 1 atom stereocenters. The highest BCUT2D eigenvalue weighted by molar-refractivity contribution is 14.1. The molecule has 1 rings (SSSR count). The number of aryl methyl sites for hydroxylation is 1. The summed E-state index contributed by atoms with van der Waals surface area (Å²) in [6.45, 7) is 7.80. The van der Waals surface area contributed by atoms with Crippen LogP contribution in [-0.2, 0) is 13.0 Å². The summed E-state index contributed by atoms with van der Waals surface area (Å²) in [5.74, 6) is 0.715. The summed E-state index contributed by atoms with van der Waals surface area (Å²) in [5.41, 5.74) is 0. The fourth-order valence-electron chi connectivity index (χ4n) is 1.41. The fraction of sp³-hybridized carbons (Fsp3) is 0.667. The van der Waals surface area contributed by atoms with Crippen molar-refractivity contribution >= 4 is 33.9 Å². The Hall–Kier alpha value is 0.390. The zero-order valence-electron chi connectivity index (χ0n) is 9.72. The van der Waals surface area contributed by atoms with Gasteiger partial charge in [-0.25, -0.2) is 0 Å². The van der Waals surface area contributed by atoms with Gasteiger partial charge in [-0.15, -0.1) is 11.3 Å². The van der Waals surface area contributed by atoms with Gasteiger partial charge in [-0.3, -0.25) is 0 Å². The molecule has 0 saturated heterocycles. The van der Waals surface area contributed by atoms with Crippen molar-refractivity contribution in [3.63, 3.8) is 0 Å². The Labute approximate surface area is 111 Å². The maximum absolute atomic E-state index is 3.63. The molecule has 1 aromatic heterocycles. The normalized spacial score (nSPS) is 13.4. The molecule has 1 unspecified atom stereocenters. The topological polar surface area (TPSA) is 12.0 Å². The van der Waals surface area contributed by atoms with Crippen molar-refractivity contribution < 1.29 is 0 Å². The van der Waals surface area contributed by atoms with Crippen molar-refractivity contribution in [1.82, 2.24) is 5.32 Å². The molecule has 0 fully saturated rings. The lowest BCUT2D eigenvalue weighted by Gasteiger charge is -2.19. The van der Waals surface area contributed by atoms with Gasteiger partial charge in [-0.2, -0.15) is 0 Å². The average molecular weight is 337 g/mol. The maximum Gasteiger partial charge on any atom is 0.0302 e. The van der Waals surface area contributed by atoms with E-state index in [0.29, 0.717) is 12.0 Å². The first kappa shape index (κ1) is 13.5. The van der Waals surface area contributed by atoms with Crippen molar-refractivity contribution in [3.05, 3.63) is 21.9 Å². The van der Waals surface area contributed by atoms with Gasteiger partial charge in [0.05, 0.1) is 0 Å². The highest BCUT2D eigenvalue weighted by Gasteiger charge is 2.10. The summed E-state index contributed by atoms with van der Waals surface area (Å²) < 4.78 is 1.18. The highest BCUT2D eigenvalue weighted by Crippen LogP contribution is 2.17. The first-order valence-electron chi connectivity index (χ1n) is 5.54. The summed E-state index contributed by atoms with van der Waals surface area (Å²) >= 11 is 4.39. The van der Waals surface area contributed by atoms with Crippen LogP contribution >= 0.6 is 33.9 Å². The van der Waals surface area contributed by atoms with Crippen LogP contribution in [0, 0.1) is 5.92 Å². The Bertz CT molecular complexity index is 283. The Morgan fingerprint density at radius 3 is 2.47 bits per heavy atom. The molecule has 1 aromatic rings. The van der Waals surface area contributed by atoms with Crippen molar-refractivity contribution in [2.45, 2.75) is 39.8 Å². The van der Waals surface area contributed by atoms with E-state index in [1.807, 2.05) is 11.3 Å². The van der Waals surface area contributed by atoms with E-state index in [0.717, 1.165) is 13.0 Å². The molecule has 0 radical (unpaired) electrons. The standard InChI is InChI=1S/C12H20INS/c1-4-10-5-6-11(15-10)8-14-12(7-13)9(2)3/h5-6,9,12,14H,4,7-8H2,1-3H3. The van der Waals surface area contributed by atoms with Gasteiger partial charge >= 0.3 is 0 Å². The minimum Gasteiger partial charge on any atom is -0.308 e. The van der Waals surface area contributed by atoms with Crippen LogP contribution in [0.3, 0.4) is 0 Å². The highest BCUT2D eigenvalue weighted by atomic mass is 127. The molecule has 1 nitrogen and oxygen atoms in total. The number of rotatable bonds is 6. The predicted octanol–water partition coefficient (Wildman–Crippen LogP) is 3.86. The molecule has 0 saturated carbocycles. The van der Waals surface area contributed by atoms with E-state index in [9.17, 15) is 0 Å². The largest absolute Gasteiger partial charge is 0.308 e. The molecular formula is C12H20INS. The first-order valence-corrected chi connectivity index (χ1v) is 7.88. The van der Waals surface area contributed by atoms with E-state index < -0.39 is 0 Å². The van der Waals surface area contributed by atoms with Crippen LogP contribution in [0.15, 0.2) is 12.1 Å². The summed E-state index contributed by atoms with van der Waals surface area (Å²) in [4.78, 5) is 2.95. The number of hydrogen-bond donors (Lipinski definition) is 1. The van der Waals surface area contributed by atoms with Gasteiger partial charge in [-0.05, 0) is 24.5 Å². The SMILES string of the molecule is CCc1ccc(CNC(CI)C(C)C)s1. The average Bonchev–Trinajstić information content (AvgIpc) is 2.66. The van der Waals surface area contributed by atoms with Gasteiger partial charge in [0, 0.05) is 26.8 Å². The zero-order valence-corrected chi connectivity index (χ0v) is 12.7. The molecule has 15 heavy (non-hydrogen) atoms. The van der Waals surface area contributed by atoms with Crippen LogP contribution < -0.4 is 5.32 Å². The Balaban J connectivity index is 2.41. The van der Waals surface area contributed by atoms with E-state index in [4.69, 9.17) is 0 Å². The molecule has 1 heterocycles. The van der Waals surface area contributed by atoms with E-state index in [1.165, 1.54) is 14.2 Å². The third-order valence-corrected chi connectivity index (χ3v) is 4.75. The van der Waals surface area contributed by atoms with Crippen molar-refractivity contribution in [2.24, 2.45) is 5.92 Å². The van der Waals surface area contributed by atoms with Crippen LogP contribution in [0.2, 0.25) is 0 Å². The van der Waals surface area contributed by atoms with Crippen LogP contribution in [0.4, 0.5) is 0 Å². The number of nitrogens with one attached hydrogen (secondary N) is 1. The fourth-order valence-corrected chi connectivity index (χ4v) is 3.64. The lowest BCUT2D eigenvalue weighted by Crippen LogP contribution is -2.34. The van der Waals surface area contributed by atoms with Crippen molar-refractivity contribution in [2.75, 3.05) is 4.43 Å². The molecule has 0 aromatic carbocycles. The van der Waals surface area contributed by atoms with Crippen LogP contribution in [0.5, 0.6) is 0 Å². The van der Waals surface area contributed by atoms with Crippen molar-refractivity contribution in [1.29, 1.82) is 0 Å². The predicted molar refractivity (Wildman–Crippen MR) is 78.0 cm³/mol. The van der Waals surface area contributed by atoms with Crippen LogP contribution in [0.1, 0.15) is 30.5 Å². The number of halogens is 1. The third-order valence-electron chi connectivity index (χ3n) is 2.58. The third kappa shape index (κ3) is 4.41. The van der Waals surface area contributed by atoms with Gasteiger partial charge in [0.25, 0.3) is 0 Å². The second-order valence-corrected chi connectivity index (χ2v) is 6.24. The zero-order chi connectivity index (χ0) is 11.3. The molecule has 0 aliphatic heterocycles. The molecule has 0 aliphatic rings. The Morgan fingerprint density at radius 1 is 1.33 bits per heavy atom. The molecule has 86 valence electrons. The summed E-state index contributed by atoms with van der Waals surface area (Å²) in [5, 5.41) is 3.63. The molecule has 1 N–H and O–H groups in total. The Kier molecular flexibility index (Phi) is 6.16. The first-order chi connectivity index (χ1) is 7.17. The molecular weight excluding hydrogens is 317 g/mol. The van der Waals surface area contributed by atoms with Crippen LogP contribution in [0.25, 0.3) is 0 Å². The molecule has 0 spiro atoms. The minimum atomic E-state index is 0.637. The van der Waals surface area contributed by atoms with Gasteiger partial charge in [0.2, 0.25) is 0 Å². The number of alkyl halides is 1. The molecule has 3 heteroatoms. The monoisotopic (exact) mass is 337 g/mol. The molecule has 0 aliphatic carbocycles. The van der Waals surface area contributed by atoms with Gasteiger partial charge in [0.1, 0.15) is 0 Å². The second-order valence-electron chi connectivity index (χ2n) is 4.11. The number of thiophene rings is 1. The van der Waals surface area contributed by atoms with Gasteiger partial charge in [0.15, 0.2) is 0 Å². The summed E-state index contributed by atoms with van der Waals surface area (Å²) in [6, 6.07) is 5.13. The van der Waals surface area contributed by atoms with E-state index in [2.05, 4.69) is 60.8 Å². The number of hydrogen-bond acceptors (Lipinski definition) is 2. The quantitative estimate of drug-likeness (QED) is 0.614. The lowest BCUT2D eigenvalue weighted by atomic mass is 10.1. The Morgan fingerprint density at radius 2 is 2.00 bits per heavy atom. The molecule has 0 amide bonds.